The second-order valence-electron chi connectivity index (χ2n) is 17.1. The Bertz CT molecular complexity index is 1450. The Morgan fingerprint density at radius 3 is 2.48 bits per heavy atom. The predicted molar refractivity (Wildman–Crippen MR) is 221 cm³/mol. The minimum Gasteiger partial charge on any atom is -0.457 e. The molecule has 0 bridgehead atoms. The Kier molecular flexibility index (Phi) is 19.6. The van der Waals surface area contributed by atoms with E-state index in [1.807, 2.05) is 47.7 Å². The van der Waals surface area contributed by atoms with Crippen molar-refractivity contribution >= 4 is 18.0 Å². The van der Waals surface area contributed by atoms with Gasteiger partial charge in [0, 0.05) is 58.1 Å². The van der Waals surface area contributed by atoms with Gasteiger partial charge in [-0.1, -0.05) is 57.9 Å². The highest BCUT2D eigenvalue weighted by Crippen LogP contribution is 2.38. The first-order valence-corrected chi connectivity index (χ1v) is 21.1. The lowest BCUT2D eigenvalue weighted by Crippen LogP contribution is -2.46. The van der Waals surface area contributed by atoms with Crippen molar-refractivity contribution < 1.29 is 53.8 Å². The molecule has 1 unspecified atom stereocenters. The van der Waals surface area contributed by atoms with Crippen molar-refractivity contribution in [3.63, 3.8) is 0 Å². The van der Waals surface area contributed by atoms with Gasteiger partial charge in [-0.25, -0.2) is 4.79 Å². The Hall–Kier alpha value is -3.11. The number of allylic oxidation sites excluding steroid dienone is 2. The molecule has 1 fully saturated rings. The first-order chi connectivity index (χ1) is 27.3. The number of carbonyl (C=O) groups excluding carboxylic acids is 3. The zero-order chi connectivity index (χ0) is 43.2. The number of hydrogen-bond acceptors (Lipinski definition) is 12. The van der Waals surface area contributed by atoms with Crippen LogP contribution in [-0.4, -0.2) is 155 Å². The number of methoxy groups -OCH3 is 1. The standard InChI is InChI=1S/C44H73N3O11/c1-10-34(49)32(4)41-35(56-41)29-43(5,54)22-15-16-30(2)40-31(3)17-18-36(44(6,55-9)23-21-33(48)28-39(52)58-40)57-42(53)46(8)27-26-45(7)24-13-11-12-14-25-47-37(50)19-20-38(47)51/h15-20,22,31-37,40-41,48-50,54H,10-14,21,23-29H2,1-9H3/b18-17+,22-15+,30-16+/t31-,32+,33+,34-,35+,36-,37?,40+,41+,43-,44+/m0/s1. The number of nitrogens with zero attached hydrogens (tertiary/aromatic N) is 3. The van der Waals surface area contributed by atoms with Gasteiger partial charge in [-0.2, -0.15) is 0 Å². The second-order valence-corrected chi connectivity index (χ2v) is 17.1. The minimum atomic E-state index is -1.17. The average Bonchev–Trinajstić information content (AvgIpc) is 3.86. The van der Waals surface area contributed by atoms with Gasteiger partial charge in [-0.15, -0.1) is 0 Å². The highest BCUT2D eigenvalue weighted by atomic mass is 16.6. The lowest BCUT2D eigenvalue weighted by molar-refractivity contribution is -0.151. The van der Waals surface area contributed by atoms with Gasteiger partial charge in [0.25, 0.3) is 0 Å². The number of aliphatic hydroxyl groups excluding tert-OH is 3. The highest BCUT2D eigenvalue weighted by molar-refractivity contribution is 5.90. The maximum Gasteiger partial charge on any atom is 0.410 e. The number of unbranched alkanes of at least 4 members (excludes halogenated alkanes) is 3. The number of ether oxygens (including phenoxy) is 4. The fraction of sp³-hybridized carbons (Fsp3) is 0.750. The molecule has 0 radical (unpaired) electrons. The lowest BCUT2D eigenvalue weighted by Gasteiger charge is -2.36. The zero-order valence-electron chi connectivity index (χ0n) is 36.4. The molecule has 3 aliphatic heterocycles. The quantitative estimate of drug-likeness (QED) is 0.0445. The Labute approximate surface area is 346 Å². The van der Waals surface area contributed by atoms with E-state index in [4.69, 9.17) is 18.9 Å². The molecule has 3 heterocycles. The van der Waals surface area contributed by atoms with Crippen LogP contribution in [0.2, 0.25) is 0 Å². The molecule has 3 aliphatic rings. The molecular weight excluding hydrogens is 746 g/mol. The van der Waals surface area contributed by atoms with E-state index in [1.54, 1.807) is 38.3 Å². The van der Waals surface area contributed by atoms with E-state index in [-0.39, 0.29) is 42.8 Å². The molecule has 0 aromatic heterocycles. The van der Waals surface area contributed by atoms with Crippen LogP contribution >= 0.6 is 0 Å². The maximum atomic E-state index is 13.5. The molecule has 330 valence electrons. The molecule has 0 saturated carbocycles. The monoisotopic (exact) mass is 820 g/mol. The normalized spacial score (nSPS) is 31.0. The van der Waals surface area contributed by atoms with Crippen LogP contribution in [0, 0.1) is 11.8 Å². The number of epoxide rings is 1. The van der Waals surface area contributed by atoms with Crippen LogP contribution in [0.3, 0.4) is 0 Å². The number of carbonyl (C=O) groups is 3. The van der Waals surface area contributed by atoms with Gasteiger partial charge in [-0.3, -0.25) is 9.59 Å². The van der Waals surface area contributed by atoms with Crippen molar-refractivity contribution in [1.29, 1.82) is 0 Å². The van der Waals surface area contributed by atoms with Gasteiger partial charge in [0.15, 0.2) is 6.10 Å². The molecule has 58 heavy (non-hydrogen) atoms. The van der Waals surface area contributed by atoms with Crippen LogP contribution in [0.1, 0.15) is 99.3 Å². The average molecular weight is 820 g/mol. The Morgan fingerprint density at radius 1 is 1.12 bits per heavy atom. The summed E-state index contributed by atoms with van der Waals surface area (Å²) in [5.74, 6) is -1.07. The third-order valence-electron chi connectivity index (χ3n) is 11.9. The SMILES string of the molecule is CC[C@H](O)[C@@H](C)[C@H]1O[C@@H]1C[C@@](C)(O)/C=C/C=C(\C)[C@H]1OC(=O)C[C@H](O)CC[C@@](C)(OC)[C@@H](OC(=O)N(C)CCN(C)CCCCCCN2C(=O)C=CC2O)/C=C/[C@@H]1C. The van der Waals surface area contributed by atoms with E-state index >= 15 is 0 Å². The van der Waals surface area contributed by atoms with Crippen LogP contribution in [0.5, 0.6) is 0 Å². The van der Waals surface area contributed by atoms with Crippen LogP contribution in [0.25, 0.3) is 0 Å². The van der Waals surface area contributed by atoms with E-state index in [9.17, 15) is 34.8 Å². The van der Waals surface area contributed by atoms with Gasteiger partial charge >= 0.3 is 12.1 Å². The number of amides is 2. The van der Waals surface area contributed by atoms with Gasteiger partial charge in [0.1, 0.15) is 17.9 Å². The van der Waals surface area contributed by atoms with Crippen molar-refractivity contribution in [2.24, 2.45) is 11.8 Å². The smallest absolute Gasteiger partial charge is 0.410 e. The summed E-state index contributed by atoms with van der Waals surface area (Å²) in [6, 6.07) is 0. The molecule has 0 aliphatic carbocycles. The van der Waals surface area contributed by atoms with Crippen LogP contribution < -0.4 is 0 Å². The van der Waals surface area contributed by atoms with Crippen molar-refractivity contribution in [3.8, 4) is 0 Å². The fourth-order valence-corrected chi connectivity index (χ4v) is 7.49. The molecule has 3 rings (SSSR count). The fourth-order valence-electron chi connectivity index (χ4n) is 7.49. The summed E-state index contributed by atoms with van der Waals surface area (Å²) in [6.07, 6.45) is 12.2. The summed E-state index contributed by atoms with van der Waals surface area (Å²) in [5, 5.41) is 42.0. The maximum absolute atomic E-state index is 13.5. The minimum absolute atomic E-state index is 0.0205. The zero-order valence-corrected chi connectivity index (χ0v) is 36.4. The second kappa shape index (κ2) is 23.0. The summed E-state index contributed by atoms with van der Waals surface area (Å²) in [5.41, 5.74) is -1.46. The van der Waals surface area contributed by atoms with Gasteiger partial charge in [0.05, 0.1) is 36.4 Å². The third kappa shape index (κ3) is 15.5. The summed E-state index contributed by atoms with van der Waals surface area (Å²) >= 11 is 0. The van der Waals surface area contributed by atoms with Crippen LogP contribution in [0.15, 0.2) is 48.1 Å². The Balaban J connectivity index is 1.60. The summed E-state index contributed by atoms with van der Waals surface area (Å²) in [7, 11) is 5.24. The largest absolute Gasteiger partial charge is 0.457 e. The van der Waals surface area contributed by atoms with E-state index in [0.29, 0.717) is 44.5 Å². The Morgan fingerprint density at radius 2 is 1.83 bits per heavy atom. The van der Waals surface area contributed by atoms with Crippen molar-refractivity contribution in [2.75, 3.05) is 47.4 Å². The van der Waals surface area contributed by atoms with Gasteiger partial charge in [-0.05, 0) is 84.2 Å². The van der Waals surface area contributed by atoms with Crippen molar-refractivity contribution in [3.05, 3.63) is 48.1 Å². The molecule has 14 nitrogen and oxygen atoms in total. The number of hydrogen-bond donors (Lipinski definition) is 4. The molecule has 4 N–H and O–H groups in total. The van der Waals surface area contributed by atoms with Crippen molar-refractivity contribution in [1.82, 2.24) is 14.7 Å². The first kappa shape index (κ1) is 49.3. The third-order valence-corrected chi connectivity index (χ3v) is 11.9. The summed E-state index contributed by atoms with van der Waals surface area (Å²) in [6.45, 7) is 13.6. The molecule has 0 aromatic rings. The van der Waals surface area contributed by atoms with E-state index in [0.717, 1.165) is 32.2 Å². The predicted octanol–water partition coefficient (Wildman–Crippen LogP) is 4.50. The topological polar surface area (TPSA) is 182 Å². The van der Waals surface area contributed by atoms with E-state index in [2.05, 4.69) is 4.90 Å². The van der Waals surface area contributed by atoms with E-state index < -0.39 is 53.9 Å². The lowest BCUT2D eigenvalue weighted by atomic mass is 9.88. The van der Waals surface area contributed by atoms with Crippen LogP contribution in [-0.2, 0) is 28.5 Å². The van der Waals surface area contributed by atoms with E-state index in [1.165, 1.54) is 29.1 Å². The number of likely N-dealkylation sites (N-methyl/N-ethyl adjacent to an activating group) is 2. The summed E-state index contributed by atoms with van der Waals surface area (Å²) < 4.78 is 23.7. The van der Waals surface area contributed by atoms with Gasteiger partial charge in [0.2, 0.25) is 5.91 Å². The molecule has 0 spiro atoms. The van der Waals surface area contributed by atoms with Crippen LogP contribution in [0.4, 0.5) is 4.79 Å². The summed E-state index contributed by atoms with van der Waals surface area (Å²) in [4.78, 5) is 43.4. The molecule has 0 aromatic carbocycles. The molecule has 1 saturated heterocycles. The van der Waals surface area contributed by atoms with Crippen molar-refractivity contribution in [2.45, 2.75) is 153 Å². The number of cyclic esters (lactones) is 1. The molecule has 11 atom stereocenters. The number of esters is 1. The number of rotatable bonds is 20. The molecule has 2 amide bonds. The molecular formula is C44H73N3O11. The first-order valence-electron chi connectivity index (χ1n) is 21.1. The van der Waals surface area contributed by atoms with Gasteiger partial charge < -0.3 is 54.1 Å². The number of aliphatic hydroxyl groups is 4. The molecule has 14 heteroatoms. The highest BCUT2D eigenvalue weighted by Gasteiger charge is 2.47.